The van der Waals surface area contributed by atoms with Crippen LogP contribution >= 0.6 is 15.9 Å². The molecule has 0 aliphatic carbocycles. The molecule has 4 rings (SSSR count). The predicted molar refractivity (Wildman–Crippen MR) is 105 cm³/mol. The van der Waals surface area contributed by atoms with Gasteiger partial charge in [0.05, 0.1) is 4.47 Å². The van der Waals surface area contributed by atoms with Gasteiger partial charge in [0.2, 0.25) is 0 Å². The predicted octanol–water partition coefficient (Wildman–Crippen LogP) is 4.12. The van der Waals surface area contributed by atoms with E-state index in [4.69, 9.17) is 0 Å². The van der Waals surface area contributed by atoms with Gasteiger partial charge in [0, 0.05) is 31.0 Å². The van der Waals surface area contributed by atoms with Gasteiger partial charge in [-0.3, -0.25) is 4.79 Å². The lowest BCUT2D eigenvalue weighted by molar-refractivity contribution is 0.0705. The minimum atomic E-state index is -0.0563. The zero-order valence-corrected chi connectivity index (χ0v) is 16.3. The Morgan fingerprint density at radius 2 is 2.12 bits per heavy atom. The SMILES string of the molecule is Cc1ccccc1C1=CCN(C(=O)c2cc3ncc(Br)cn3n2)C(C)C1. The molecule has 1 unspecified atom stereocenters. The molecular formula is C20H19BrN4O. The first kappa shape index (κ1) is 17.0. The second kappa shape index (κ2) is 6.68. The minimum absolute atomic E-state index is 0.0563. The van der Waals surface area contributed by atoms with E-state index in [1.54, 1.807) is 23.0 Å². The molecule has 26 heavy (non-hydrogen) atoms. The van der Waals surface area contributed by atoms with Crippen LogP contribution in [-0.2, 0) is 0 Å². The molecule has 0 radical (unpaired) electrons. The largest absolute Gasteiger partial charge is 0.330 e. The van der Waals surface area contributed by atoms with Crippen LogP contribution in [0, 0.1) is 6.92 Å². The number of rotatable bonds is 2. The third-order valence-corrected chi connectivity index (χ3v) is 5.24. The topological polar surface area (TPSA) is 50.5 Å². The van der Waals surface area contributed by atoms with Gasteiger partial charge in [-0.15, -0.1) is 0 Å². The average molecular weight is 411 g/mol. The summed E-state index contributed by atoms with van der Waals surface area (Å²) in [7, 11) is 0. The molecule has 6 heteroatoms. The Morgan fingerprint density at radius 1 is 1.31 bits per heavy atom. The lowest BCUT2D eigenvalue weighted by Crippen LogP contribution is -2.41. The normalized spacial score (nSPS) is 17.4. The molecule has 1 aliphatic heterocycles. The maximum absolute atomic E-state index is 13.0. The fourth-order valence-corrected chi connectivity index (χ4v) is 3.74. The summed E-state index contributed by atoms with van der Waals surface area (Å²) in [4.78, 5) is 19.1. The van der Waals surface area contributed by atoms with Gasteiger partial charge < -0.3 is 4.90 Å². The van der Waals surface area contributed by atoms with Gasteiger partial charge in [-0.2, -0.15) is 5.10 Å². The molecule has 3 heterocycles. The standard InChI is InChI=1S/C20H19BrN4O/c1-13-5-3-4-6-17(13)15-7-8-24(14(2)9-15)20(26)18-10-19-22-11-16(21)12-25(19)23-18/h3-7,10-12,14H,8-9H2,1-2H3. The molecule has 5 nitrogen and oxygen atoms in total. The summed E-state index contributed by atoms with van der Waals surface area (Å²) in [6, 6.07) is 10.2. The van der Waals surface area contributed by atoms with Gasteiger partial charge in [-0.25, -0.2) is 9.50 Å². The van der Waals surface area contributed by atoms with Crippen molar-refractivity contribution in [3.8, 4) is 0 Å². The Hall–Kier alpha value is -2.47. The molecule has 0 saturated heterocycles. The number of benzene rings is 1. The van der Waals surface area contributed by atoms with Crippen LogP contribution in [0.1, 0.15) is 35.0 Å². The summed E-state index contributed by atoms with van der Waals surface area (Å²) >= 11 is 3.37. The number of fused-ring (bicyclic) bond motifs is 1. The summed E-state index contributed by atoms with van der Waals surface area (Å²) in [5.41, 5.74) is 4.93. The van der Waals surface area contributed by atoms with Crippen molar-refractivity contribution in [3.63, 3.8) is 0 Å². The van der Waals surface area contributed by atoms with Gasteiger partial charge >= 0.3 is 0 Å². The summed E-state index contributed by atoms with van der Waals surface area (Å²) in [5, 5.41) is 4.39. The summed E-state index contributed by atoms with van der Waals surface area (Å²) in [5.74, 6) is -0.0563. The van der Waals surface area contributed by atoms with E-state index < -0.39 is 0 Å². The molecule has 0 fully saturated rings. The van der Waals surface area contributed by atoms with E-state index in [0.29, 0.717) is 17.9 Å². The Kier molecular flexibility index (Phi) is 4.36. The van der Waals surface area contributed by atoms with Gasteiger partial charge in [0.15, 0.2) is 11.3 Å². The molecule has 2 aromatic heterocycles. The number of carbonyl (C=O) groups excluding carboxylic acids is 1. The smallest absolute Gasteiger partial charge is 0.274 e. The Bertz CT molecular complexity index is 1020. The van der Waals surface area contributed by atoms with Crippen molar-refractivity contribution in [2.45, 2.75) is 26.3 Å². The zero-order chi connectivity index (χ0) is 18.3. The van der Waals surface area contributed by atoms with Crippen LogP contribution in [0.3, 0.4) is 0 Å². The number of aromatic nitrogens is 3. The van der Waals surface area contributed by atoms with E-state index in [0.717, 1.165) is 10.9 Å². The van der Waals surface area contributed by atoms with Gasteiger partial charge in [0.25, 0.3) is 5.91 Å². The van der Waals surface area contributed by atoms with E-state index in [1.807, 2.05) is 4.90 Å². The maximum Gasteiger partial charge on any atom is 0.274 e. The van der Waals surface area contributed by atoms with Crippen molar-refractivity contribution in [1.82, 2.24) is 19.5 Å². The van der Waals surface area contributed by atoms with Crippen LogP contribution in [0.15, 0.2) is 53.3 Å². The number of hydrogen-bond acceptors (Lipinski definition) is 3. The highest BCUT2D eigenvalue weighted by molar-refractivity contribution is 9.10. The summed E-state index contributed by atoms with van der Waals surface area (Å²) < 4.78 is 2.45. The highest BCUT2D eigenvalue weighted by Gasteiger charge is 2.27. The molecule has 132 valence electrons. The molecule has 1 amide bonds. The van der Waals surface area contributed by atoms with Gasteiger partial charge in [-0.05, 0) is 52.9 Å². The zero-order valence-electron chi connectivity index (χ0n) is 14.7. The molecular weight excluding hydrogens is 392 g/mol. The molecule has 1 aliphatic rings. The van der Waals surface area contributed by atoms with Crippen LogP contribution in [0.5, 0.6) is 0 Å². The second-order valence-corrected chi connectivity index (χ2v) is 7.58. The van der Waals surface area contributed by atoms with E-state index in [9.17, 15) is 4.79 Å². The molecule has 0 saturated carbocycles. The second-order valence-electron chi connectivity index (χ2n) is 6.66. The summed E-state index contributed by atoms with van der Waals surface area (Å²) in [6.45, 7) is 4.81. The van der Waals surface area contributed by atoms with Crippen LogP contribution in [0.2, 0.25) is 0 Å². The lowest BCUT2D eigenvalue weighted by atomic mass is 9.92. The first-order valence-corrected chi connectivity index (χ1v) is 9.39. The maximum atomic E-state index is 13.0. The third kappa shape index (κ3) is 3.05. The molecule has 0 spiro atoms. The average Bonchev–Trinajstić information content (AvgIpc) is 3.04. The number of amides is 1. The van der Waals surface area contributed by atoms with E-state index in [-0.39, 0.29) is 11.9 Å². The van der Waals surface area contributed by atoms with Gasteiger partial charge in [0.1, 0.15) is 0 Å². The Morgan fingerprint density at radius 3 is 2.88 bits per heavy atom. The Labute approximate surface area is 160 Å². The number of aryl methyl sites for hydroxylation is 1. The third-order valence-electron chi connectivity index (χ3n) is 4.83. The molecule has 1 atom stereocenters. The Balaban J connectivity index is 1.60. The monoisotopic (exact) mass is 410 g/mol. The molecule has 0 N–H and O–H groups in total. The van der Waals surface area contributed by atoms with E-state index in [1.165, 1.54) is 16.7 Å². The van der Waals surface area contributed by atoms with Gasteiger partial charge in [-0.1, -0.05) is 30.3 Å². The molecule has 1 aromatic carbocycles. The quantitative estimate of drug-likeness (QED) is 0.638. The van der Waals surface area contributed by atoms with Crippen molar-refractivity contribution in [3.05, 3.63) is 70.1 Å². The molecule has 3 aromatic rings. The van der Waals surface area contributed by atoms with E-state index in [2.05, 4.69) is 70.2 Å². The minimum Gasteiger partial charge on any atom is -0.330 e. The highest BCUT2D eigenvalue weighted by Crippen LogP contribution is 2.29. The summed E-state index contributed by atoms with van der Waals surface area (Å²) in [6.07, 6.45) is 6.50. The van der Waals surface area contributed by atoms with Crippen LogP contribution in [-0.4, -0.2) is 38.0 Å². The number of hydrogen-bond donors (Lipinski definition) is 0. The van der Waals surface area contributed by atoms with Crippen LogP contribution in [0.25, 0.3) is 11.2 Å². The fraction of sp³-hybridized carbons (Fsp3) is 0.250. The number of carbonyl (C=O) groups is 1. The first-order valence-electron chi connectivity index (χ1n) is 8.60. The van der Waals surface area contributed by atoms with Crippen molar-refractivity contribution in [2.24, 2.45) is 0 Å². The van der Waals surface area contributed by atoms with Crippen molar-refractivity contribution in [2.75, 3.05) is 6.54 Å². The lowest BCUT2D eigenvalue weighted by Gasteiger charge is -2.33. The fourth-order valence-electron chi connectivity index (χ4n) is 3.44. The van der Waals surface area contributed by atoms with Crippen LogP contribution in [0.4, 0.5) is 0 Å². The number of nitrogens with zero attached hydrogens (tertiary/aromatic N) is 4. The van der Waals surface area contributed by atoms with Crippen molar-refractivity contribution < 1.29 is 4.79 Å². The van der Waals surface area contributed by atoms with E-state index >= 15 is 0 Å². The highest BCUT2D eigenvalue weighted by atomic mass is 79.9. The first-order chi connectivity index (χ1) is 12.5. The number of halogens is 1. The van der Waals surface area contributed by atoms with Crippen LogP contribution < -0.4 is 0 Å². The molecule has 0 bridgehead atoms. The van der Waals surface area contributed by atoms with Crippen molar-refractivity contribution >= 4 is 33.1 Å². The van der Waals surface area contributed by atoms with Crippen molar-refractivity contribution in [1.29, 1.82) is 0 Å².